The van der Waals surface area contributed by atoms with E-state index in [1.165, 1.54) is 6.47 Å². The minimum absolute atomic E-state index is 0. The fourth-order valence-corrected chi connectivity index (χ4v) is 1.45. The van der Waals surface area contributed by atoms with Crippen LogP contribution in [0.1, 0.15) is 18.4 Å². The van der Waals surface area contributed by atoms with E-state index in [-0.39, 0.29) is 38.6 Å². The van der Waals surface area contributed by atoms with Crippen LogP contribution in [0.5, 0.6) is 0 Å². The number of carbonyl (C=O) groups excluding carboxylic acids is 1. The van der Waals surface area contributed by atoms with Crippen molar-refractivity contribution in [1.82, 2.24) is 0 Å². The third-order valence-corrected chi connectivity index (χ3v) is 2.17. The smallest absolute Gasteiger partial charge is 0.0549 e. The molecule has 0 saturated carbocycles. The average Bonchev–Trinajstić information content (AvgIpc) is 2.15. The van der Waals surface area contributed by atoms with Crippen molar-refractivity contribution < 1.29 is 42.2 Å². The molecule has 0 spiro atoms. The van der Waals surface area contributed by atoms with Crippen LogP contribution in [0.2, 0.25) is 5.02 Å². The Labute approximate surface area is 114 Å². The van der Waals surface area contributed by atoms with Gasteiger partial charge in [0.2, 0.25) is 0 Å². The topological polar surface area (TPSA) is 26.3 Å². The summed E-state index contributed by atoms with van der Waals surface area (Å²) in [5.41, 5.74) is 0.986. The number of benzene rings is 1. The molecule has 0 saturated heterocycles. The van der Waals surface area contributed by atoms with E-state index in [2.05, 4.69) is 4.74 Å². The summed E-state index contributed by atoms with van der Waals surface area (Å²) in [6.07, 6.45) is 0. The molecule has 1 aromatic carbocycles. The zero-order valence-electron chi connectivity index (χ0n) is 7.87. The molecule has 0 N–H and O–H groups in total. The van der Waals surface area contributed by atoms with Crippen molar-refractivity contribution >= 4 is 18.1 Å². The van der Waals surface area contributed by atoms with Crippen molar-refractivity contribution in [1.29, 1.82) is 0 Å². The molecule has 4 heteroatoms. The molecular weight excluding hydrogens is 276 g/mol. The molecular formula is C10H10ClO2Y-. The van der Waals surface area contributed by atoms with Gasteiger partial charge in [0.15, 0.2) is 0 Å². The van der Waals surface area contributed by atoms with Crippen molar-refractivity contribution in [2.45, 2.75) is 12.8 Å². The van der Waals surface area contributed by atoms with Gasteiger partial charge in [-0.15, -0.1) is 0 Å². The predicted octanol–water partition coefficient (Wildman–Crippen LogP) is 2.52. The molecule has 73 valence electrons. The van der Waals surface area contributed by atoms with E-state index in [4.69, 9.17) is 11.6 Å². The summed E-state index contributed by atoms with van der Waals surface area (Å²) in [6, 6.07) is 7.51. The molecule has 0 aromatic heterocycles. The number of hydrogen-bond acceptors (Lipinski definition) is 2. The van der Waals surface area contributed by atoms with E-state index in [1.54, 1.807) is 0 Å². The molecule has 0 fully saturated rings. The van der Waals surface area contributed by atoms with Crippen LogP contribution in [-0.4, -0.2) is 13.1 Å². The molecule has 0 unspecified atom stereocenters. The third-order valence-electron chi connectivity index (χ3n) is 1.83. The van der Waals surface area contributed by atoms with Gasteiger partial charge in [-0.3, -0.25) is 0 Å². The van der Waals surface area contributed by atoms with E-state index in [1.807, 2.05) is 31.2 Å². The summed E-state index contributed by atoms with van der Waals surface area (Å²) in [5.74, 6) is 0.107. The van der Waals surface area contributed by atoms with Gasteiger partial charge in [0.1, 0.15) is 0 Å². The maximum absolute atomic E-state index is 9.85. The van der Waals surface area contributed by atoms with Crippen LogP contribution in [0.25, 0.3) is 0 Å². The van der Waals surface area contributed by atoms with Gasteiger partial charge in [-0.25, -0.2) is 0 Å². The first-order chi connectivity index (χ1) is 6.25. The molecule has 0 aliphatic rings. The van der Waals surface area contributed by atoms with Gasteiger partial charge >= 0.3 is 0 Å². The summed E-state index contributed by atoms with van der Waals surface area (Å²) < 4.78 is 4.54. The van der Waals surface area contributed by atoms with E-state index in [0.717, 1.165) is 5.56 Å². The third kappa shape index (κ3) is 4.08. The zero-order valence-corrected chi connectivity index (χ0v) is 11.5. The van der Waals surface area contributed by atoms with Crippen molar-refractivity contribution in [3.8, 4) is 0 Å². The van der Waals surface area contributed by atoms with E-state index >= 15 is 0 Å². The van der Waals surface area contributed by atoms with Gasteiger partial charge in [-0.05, 0) is 11.6 Å². The van der Waals surface area contributed by atoms with Crippen LogP contribution in [0.3, 0.4) is 0 Å². The van der Waals surface area contributed by atoms with E-state index in [9.17, 15) is 4.79 Å². The summed E-state index contributed by atoms with van der Waals surface area (Å²) in [5, 5.41) is 0.699. The Kier molecular flexibility index (Phi) is 7.43. The van der Waals surface area contributed by atoms with Crippen molar-refractivity contribution in [3.63, 3.8) is 0 Å². The maximum Gasteiger partial charge on any atom is 0.0549 e. The average molecular weight is 287 g/mol. The van der Waals surface area contributed by atoms with Gasteiger partial charge < -0.3 is 9.53 Å². The van der Waals surface area contributed by atoms with E-state index < -0.39 is 0 Å². The Balaban J connectivity index is 0.00000169. The maximum atomic E-state index is 9.85. The molecule has 1 radical (unpaired) electrons. The summed E-state index contributed by atoms with van der Waals surface area (Å²) in [7, 11) is 0. The molecule has 0 amide bonds. The van der Waals surface area contributed by atoms with Gasteiger partial charge in [0, 0.05) is 43.6 Å². The van der Waals surface area contributed by atoms with Crippen LogP contribution in [0, 0.1) is 0 Å². The SMILES string of the molecule is C[C@H](CO[C-]=O)c1ccccc1Cl.[Y]. The summed E-state index contributed by atoms with van der Waals surface area (Å²) in [6.45, 7) is 3.65. The zero-order chi connectivity index (χ0) is 9.68. The largest absolute Gasteiger partial charge is 0.652 e. The molecule has 14 heavy (non-hydrogen) atoms. The van der Waals surface area contributed by atoms with Crippen LogP contribution >= 0.6 is 11.6 Å². The normalized spacial score (nSPS) is 11.3. The Morgan fingerprint density at radius 1 is 1.50 bits per heavy atom. The molecule has 1 atom stereocenters. The predicted molar refractivity (Wildman–Crippen MR) is 51.5 cm³/mol. The van der Waals surface area contributed by atoms with Crippen molar-refractivity contribution in [3.05, 3.63) is 34.9 Å². The Hall–Kier alpha value is 0.0839. The second-order valence-corrected chi connectivity index (χ2v) is 3.22. The van der Waals surface area contributed by atoms with Crippen molar-refractivity contribution in [2.24, 2.45) is 0 Å². The quantitative estimate of drug-likeness (QED) is 0.795. The fourth-order valence-electron chi connectivity index (χ4n) is 1.12. The molecule has 0 aliphatic carbocycles. The second kappa shape index (κ2) is 7.39. The Morgan fingerprint density at radius 3 is 2.71 bits per heavy atom. The first-order valence-corrected chi connectivity index (χ1v) is 4.37. The summed E-state index contributed by atoms with van der Waals surface area (Å²) in [4.78, 5) is 9.85. The van der Waals surface area contributed by atoms with Gasteiger partial charge in [0.05, 0.1) is 6.61 Å². The standard InChI is InChI=1S/C10H10ClO2.Y/c1-8(6-13-7-12)9-4-2-3-5-10(9)11;/h2-5,8H,6H2,1H3;/q-1;/t8-;/m1./s1. The Morgan fingerprint density at radius 2 is 2.14 bits per heavy atom. The summed E-state index contributed by atoms with van der Waals surface area (Å²) >= 11 is 5.94. The molecule has 0 bridgehead atoms. The molecule has 1 aromatic rings. The van der Waals surface area contributed by atoms with Crippen LogP contribution in [0.4, 0.5) is 0 Å². The molecule has 1 rings (SSSR count). The van der Waals surface area contributed by atoms with Crippen LogP contribution in [0.15, 0.2) is 24.3 Å². The first-order valence-electron chi connectivity index (χ1n) is 3.99. The molecule has 2 nitrogen and oxygen atoms in total. The number of rotatable bonds is 4. The number of hydrogen-bond donors (Lipinski definition) is 0. The monoisotopic (exact) mass is 286 g/mol. The van der Waals surface area contributed by atoms with E-state index in [0.29, 0.717) is 11.6 Å². The first kappa shape index (κ1) is 14.1. The second-order valence-electron chi connectivity index (χ2n) is 2.82. The van der Waals surface area contributed by atoms with Gasteiger partial charge in [0.25, 0.3) is 0 Å². The molecule has 0 heterocycles. The molecule has 0 aliphatic heterocycles. The Bertz CT molecular complexity index is 291. The van der Waals surface area contributed by atoms with Gasteiger partial charge in [-0.2, -0.15) is 0 Å². The van der Waals surface area contributed by atoms with Crippen molar-refractivity contribution in [2.75, 3.05) is 6.61 Å². The van der Waals surface area contributed by atoms with Gasteiger partial charge in [-0.1, -0.05) is 43.2 Å². The van der Waals surface area contributed by atoms with Crippen LogP contribution in [-0.2, 0) is 42.2 Å². The fraction of sp³-hybridized carbons (Fsp3) is 0.300. The number of halogens is 1. The minimum atomic E-state index is 0. The van der Waals surface area contributed by atoms with Crippen LogP contribution < -0.4 is 0 Å². The number of ether oxygens (including phenoxy) is 1. The minimum Gasteiger partial charge on any atom is -0.652 e.